The van der Waals surface area contributed by atoms with Gasteiger partial charge < -0.3 is 9.88 Å². The van der Waals surface area contributed by atoms with Gasteiger partial charge in [-0.1, -0.05) is 12.1 Å². The van der Waals surface area contributed by atoms with Crippen LogP contribution in [0.2, 0.25) is 0 Å². The molecule has 0 saturated carbocycles. The number of anilines is 1. The van der Waals surface area contributed by atoms with Gasteiger partial charge in [0, 0.05) is 24.3 Å². The van der Waals surface area contributed by atoms with Crippen LogP contribution in [0.1, 0.15) is 21.5 Å². The van der Waals surface area contributed by atoms with E-state index in [1.165, 1.54) is 10.6 Å². The Balaban J connectivity index is 2.07. The van der Waals surface area contributed by atoms with Gasteiger partial charge in [0.15, 0.2) is 0 Å². The van der Waals surface area contributed by atoms with Crippen LogP contribution in [-0.2, 0) is 19.4 Å². The molecule has 0 spiro atoms. The Bertz CT molecular complexity index is 1130. The van der Waals surface area contributed by atoms with Crippen molar-refractivity contribution in [2.75, 3.05) is 5.32 Å². The van der Waals surface area contributed by atoms with E-state index in [2.05, 4.69) is 0 Å². The first-order valence-electron chi connectivity index (χ1n) is 8.07. The second-order valence-corrected chi connectivity index (χ2v) is 6.25. The molecule has 0 atom stereocenters. The molecule has 1 heterocycles. The fourth-order valence-corrected chi connectivity index (χ4v) is 2.83. The molecule has 4 nitrogen and oxygen atoms in total. The summed E-state index contributed by atoms with van der Waals surface area (Å²) in [5.74, 6) is -1.12. The molecular weight excluding hydrogens is 402 g/mol. The van der Waals surface area contributed by atoms with E-state index in [0.717, 1.165) is 6.20 Å². The largest absolute Gasteiger partial charge is 0.416 e. The average Bonchev–Trinajstić information content (AvgIpc) is 2.63. The van der Waals surface area contributed by atoms with E-state index in [1.54, 1.807) is 25.2 Å². The van der Waals surface area contributed by atoms with E-state index in [-0.39, 0.29) is 11.5 Å². The summed E-state index contributed by atoms with van der Waals surface area (Å²) in [5, 5.41) is 2.15. The minimum atomic E-state index is -5.06. The van der Waals surface area contributed by atoms with Crippen LogP contribution in [0.15, 0.2) is 53.5 Å². The molecule has 152 valence electrons. The molecular formula is C19H12F6N2O2. The normalized spacial score (nSPS) is 12.2. The van der Waals surface area contributed by atoms with E-state index in [4.69, 9.17) is 0 Å². The van der Waals surface area contributed by atoms with Gasteiger partial charge in [-0.3, -0.25) is 9.59 Å². The van der Waals surface area contributed by atoms with Crippen LogP contribution in [0.3, 0.4) is 0 Å². The quantitative estimate of drug-likeness (QED) is 0.611. The van der Waals surface area contributed by atoms with Gasteiger partial charge in [0.2, 0.25) is 5.43 Å². The zero-order valence-corrected chi connectivity index (χ0v) is 14.7. The molecule has 0 aliphatic rings. The molecule has 0 radical (unpaired) electrons. The lowest BCUT2D eigenvalue weighted by Crippen LogP contribution is -2.24. The standard InChI is InChI=1S/C19H12F6N2O2/c1-27-9-14(16(28)13-4-2-3-5-15(13)27)17(29)26-12-7-10(18(20,21)22)6-11(8-12)19(23,24)25/h2-9H,1H3,(H,26,29). The molecule has 0 saturated heterocycles. The topological polar surface area (TPSA) is 51.1 Å². The van der Waals surface area contributed by atoms with E-state index in [0.29, 0.717) is 17.6 Å². The van der Waals surface area contributed by atoms with Crippen LogP contribution in [-0.4, -0.2) is 10.5 Å². The number of halogens is 6. The second-order valence-electron chi connectivity index (χ2n) is 6.25. The molecule has 29 heavy (non-hydrogen) atoms. The average molecular weight is 414 g/mol. The number of amides is 1. The van der Waals surface area contributed by atoms with Crippen molar-refractivity contribution in [3.8, 4) is 0 Å². The predicted molar refractivity (Wildman–Crippen MR) is 93.6 cm³/mol. The molecule has 0 aliphatic heterocycles. The first kappa shape index (κ1) is 20.4. The Hall–Kier alpha value is -3.30. The first-order chi connectivity index (χ1) is 13.4. The molecule has 0 unspecified atom stereocenters. The Morgan fingerprint density at radius 1 is 0.931 bits per heavy atom. The van der Waals surface area contributed by atoms with Crippen LogP contribution in [0.5, 0.6) is 0 Å². The number of hydrogen-bond donors (Lipinski definition) is 1. The molecule has 1 amide bonds. The number of carbonyl (C=O) groups excluding carboxylic acids is 1. The molecule has 0 aliphatic carbocycles. The number of rotatable bonds is 2. The number of aryl methyl sites for hydroxylation is 1. The zero-order chi connectivity index (χ0) is 21.6. The van der Waals surface area contributed by atoms with Crippen LogP contribution in [0, 0.1) is 0 Å². The Labute approximate surface area is 159 Å². The first-order valence-corrected chi connectivity index (χ1v) is 8.07. The van der Waals surface area contributed by atoms with E-state index >= 15 is 0 Å². The number of nitrogens with one attached hydrogen (secondary N) is 1. The van der Waals surface area contributed by atoms with Gasteiger partial charge in [0.25, 0.3) is 5.91 Å². The van der Waals surface area contributed by atoms with E-state index < -0.39 is 46.1 Å². The van der Waals surface area contributed by atoms with Gasteiger partial charge in [-0.05, 0) is 30.3 Å². The molecule has 0 fully saturated rings. The molecule has 3 aromatic rings. The van der Waals surface area contributed by atoms with Crippen molar-refractivity contribution >= 4 is 22.5 Å². The molecule has 1 N–H and O–H groups in total. The third-order valence-corrected chi connectivity index (χ3v) is 4.19. The number of benzene rings is 2. The van der Waals surface area contributed by atoms with Crippen molar-refractivity contribution in [1.29, 1.82) is 0 Å². The monoisotopic (exact) mass is 414 g/mol. The summed E-state index contributed by atoms with van der Waals surface area (Å²) in [5.41, 5.74) is -4.49. The molecule has 3 rings (SSSR count). The van der Waals surface area contributed by atoms with Gasteiger partial charge in [0.1, 0.15) is 5.56 Å². The van der Waals surface area contributed by atoms with Crippen molar-refractivity contribution in [2.24, 2.45) is 7.05 Å². The highest BCUT2D eigenvalue weighted by molar-refractivity contribution is 6.05. The van der Waals surface area contributed by atoms with Gasteiger partial charge in [-0.15, -0.1) is 0 Å². The van der Waals surface area contributed by atoms with Gasteiger partial charge in [-0.2, -0.15) is 26.3 Å². The van der Waals surface area contributed by atoms with Crippen LogP contribution < -0.4 is 10.7 Å². The lowest BCUT2D eigenvalue weighted by atomic mass is 10.1. The number of nitrogens with zero attached hydrogens (tertiary/aromatic N) is 1. The summed E-state index contributed by atoms with van der Waals surface area (Å²) < 4.78 is 79.2. The number of carbonyl (C=O) groups is 1. The lowest BCUT2D eigenvalue weighted by molar-refractivity contribution is -0.143. The maximum absolute atomic E-state index is 13.0. The zero-order valence-electron chi connectivity index (χ0n) is 14.7. The lowest BCUT2D eigenvalue weighted by Gasteiger charge is -2.15. The smallest absolute Gasteiger partial charge is 0.350 e. The third kappa shape index (κ3) is 4.10. The van der Waals surface area contributed by atoms with Crippen LogP contribution in [0.4, 0.5) is 32.0 Å². The second kappa shape index (κ2) is 6.94. The summed E-state index contributed by atoms with van der Waals surface area (Å²) in [6, 6.07) is 7.01. The Kier molecular flexibility index (Phi) is 4.89. The fraction of sp³-hybridized carbons (Fsp3) is 0.158. The van der Waals surface area contributed by atoms with Crippen molar-refractivity contribution < 1.29 is 31.1 Å². The van der Waals surface area contributed by atoms with E-state index in [9.17, 15) is 35.9 Å². The minimum Gasteiger partial charge on any atom is -0.350 e. The SMILES string of the molecule is Cn1cc(C(=O)Nc2cc(C(F)(F)F)cc(C(F)(F)F)c2)c(=O)c2ccccc21. The number of fused-ring (bicyclic) bond motifs is 1. The fourth-order valence-electron chi connectivity index (χ4n) is 2.83. The molecule has 2 aromatic carbocycles. The van der Waals surface area contributed by atoms with Crippen LogP contribution in [0.25, 0.3) is 10.9 Å². The highest BCUT2D eigenvalue weighted by atomic mass is 19.4. The van der Waals surface area contributed by atoms with Crippen molar-refractivity contribution in [1.82, 2.24) is 4.57 Å². The van der Waals surface area contributed by atoms with E-state index in [1.807, 2.05) is 5.32 Å². The summed E-state index contributed by atoms with van der Waals surface area (Å²) in [7, 11) is 1.55. The van der Waals surface area contributed by atoms with Crippen molar-refractivity contribution in [3.63, 3.8) is 0 Å². The summed E-state index contributed by atoms with van der Waals surface area (Å²) in [4.78, 5) is 25.0. The molecule has 10 heteroatoms. The summed E-state index contributed by atoms with van der Waals surface area (Å²) >= 11 is 0. The maximum Gasteiger partial charge on any atom is 0.416 e. The number of hydrogen-bond acceptors (Lipinski definition) is 2. The van der Waals surface area contributed by atoms with Crippen molar-refractivity contribution in [2.45, 2.75) is 12.4 Å². The number of aromatic nitrogens is 1. The number of para-hydroxylation sites is 1. The summed E-state index contributed by atoms with van der Waals surface area (Å²) in [6.07, 6.45) is -8.95. The highest BCUT2D eigenvalue weighted by Crippen LogP contribution is 2.37. The number of pyridine rings is 1. The summed E-state index contributed by atoms with van der Waals surface area (Å²) in [6.45, 7) is 0. The Morgan fingerprint density at radius 3 is 2.03 bits per heavy atom. The number of alkyl halides is 6. The third-order valence-electron chi connectivity index (χ3n) is 4.19. The van der Waals surface area contributed by atoms with Gasteiger partial charge in [-0.25, -0.2) is 0 Å². The predicted octanol–water partition coefficient (Wildman–Crippen LogP) is 4.83. The Morgan fingerprint density at radius 2 is 1.48 bits per heavy atom. The van der Waals surface area contributed by atoms with Crippen LogP contribution >= 0.6 is 0 Å². The highest BCUT2D eigenvalue weighted by Gasteiger charge is 2.37. The molecule has 0 bridgehead atoms. The van der Waals surface area contributed by atoms with Gasteiger partial charge >= 0.3 is 12.4 Å². The molecule has 1 aromatic heterocycles. The van der Waals surface area contributed by atoms with Crippen molar-refractivity contribution in [3.05, 3.63) is 75.6 Å². The van der Waals surface area contributed by atoms with Gasteiger partial charge in [0.05, 0.1) is 16.6 Å². The minimum absolute atomic E-state index is 0.0509. The maximum atomic E-state index is 13.0.